The van der Waals surface area contributed by atoms with Crippen molar-refractivity contribution >= 4 is 50.7 Å². The Morgan fingerprint density at radius 3 is 2.27 bits per heavy atom. The molecule has 0 aliphatic heterocycles. The van der Waals surface area contributed by atoms with Gasteiger partial charge in [-0.2, -0.15) is 0 Å². The van der Waals surface area contributed by atoms with Gasteiger partial charge in [0.2, 0.25) is 21.8 Å². The summed E-state index contributed by atoms with van der Waals surface area (Å²) in [7, 11) is -2.30. The van der Waals surface area contributed by atoms with E-state index in [1.54, 1.807) is 44.2 Å². The highest BCUT2D eigenvalue weighted by Gasteiger charge is 2.32. The molecule has 0 bridgehead atoms. The van der Waals surface area contributed by atoms with E-state index in [2.05, 4.69) is 5.32 Å². The van der Waals surface area contributed by atoms with Crippen LogP contribution in [0.2, 0.25) is 10.0 Å². The van der Waals surface area contributed by atoms with E-state index in [1.165, 1.54) is 11.9 Å². The van der Waals surface area contributed by atoms with Crippen molar-refractivity contribution in [1.29, 1.82) is 0 Å². The molecule has 2 rings (SSSR count). The maximum atomic E-state index is 13.5. The van der Waals surface area contributed by atoms with Crippen molar-refractivity contribution in [2.45, 2.75) is 39.8 Å². The molecule has 0 fully saturated rings. The van der Waals surface area contributed by atoms with Crippen LogP contribution in [0.1, 0.15) is 30.0 Å². The molecule has 0 saturated carbocycles. The van der Waals surface area contributed by atoms with Crippen LogP contribution in [0.25, 0.3) is 0 Å². The number of amides is 2. The van der Waals surface area contributed by atoms with Gasteiger partial charge in [0.25, 0.3) is 0 Å². The van der Waals surface area contributed by atoms with Gasteiger partial charge in [-0.1, -0.05) is 53.9 Å². The Hall–Kier alpha value is -2.29. The molecule has 0 spiro atoms. The molecule has 0 saturated heterocycles. The van der Waals surface area contributed by atoms with Crippen molar-refractivity contribution in [1.82, 2.24) is 10.2 Å². The minimum Gasteiger partial charge on any atom is -0.357 e. The van der Waals surface area contributed by atoms with E-state index >= 15 is 0 Å². The van der Waals surface area contributed by atoms with Crippen LogP contribution in [-0.2, 0) is 26.2 Å². The lowest BCUT2D eigenvalue weighted by Crippen LogP contribution is -2.51. The van der Waals surface area contributed by atoms with Crippen molar-refractivity contribution in [3.05, 3.63) is 63.1 Å². The molecule has 1 N–H and O–H groups in total. The standard InChI is InChI=1S/C23H29Cl2N3O4S/c1-6-20(23(30)26-4)27(13-17-8-9-18(24)12-19(17)25)22(29)14-28(33(5,31)32)21-10-7-15(2)11-16(21)3/h7-12,20H,6,13-14H2,1-5H3,(H,26,30)/t20-/m1/s1. The number of halogens is 2. The van der Waals surface area contributed by atoms with E-state index in [9.17, 15) is 18.0 Å². The van der Waals surface area contributed by atoms with Gasteiger partial charge in [-0.25, -0.2) is 8.42 Å². The van der Waals surface area contributed by atoms with Crippen LogP contribution in [0, 0.1) is 13.8 Å². The summed E-state index contributed by atoms with van der Waals surface area (Å²) < 4.78 is 26.4. The molecule has 0 radical (unpaired) electrons. The molecule has 2 aromatic rings. The van der Waals surface area contributed by atoms with Gasteiger partial charge in [0, 0.05) is 23.6 Å². The number of aryl methyl sites for hydroxylation is 2. The molecule has 7 nitrogen and oxygen atoms in total. The number of sulfonamides is 1. The molecular formula is C23H29Cl2N3O4S. The van der Waals surface area contributed by atoms with Crippen molar-refractivity contribution in [3.63, 3.8) is 0 Å². The highest BCUT2D eigenvalue weighted by atomic mass is 35.5. The summed E-state index contributed by atoms with van der Waals surface area (Å²) >= 11 is 12.3. The third-order valence-corrected chi connectivity index (χ3v) is 7.00. The van der Waals surface area contributed by atoms with Gasteiger partial charge >= 0.3 is 0 Å². The maximum absolute atomic E-state index is 13.5. The van der Waals surface area contributed by atoms with Crippen molar-refractivity contribution in [3.8, 4) is 0 Å². The zero-order valence-electron chi connectivity index (χ0n) is 19.4. The average Bonchev–Trinajstić information content (AvgIpc) is 2.72. The van der Waals surface area contributed by atoms with Gasteiger partial charge < -0.3 is 10.2 Å². The number of rotatable bonds is 9. The van der Waals surface area contributed by atoms with Gasteiger partial charge in [0.1, 0.15) is 12.6 Å². The molecule has 180 valence electrons. The smallest absolute Gasteiger partial charge is 0.244 e. The molecule has 2 amide bonds. The molecule has 0 heterocycles. The van der Waals surface area contributed by atoms with Crippen molar-refractivity contribution in [2.75, 3.05) is 24.2 Å². The second kappa shape index (κ2) is 11.2. The largest absolute Gasteiger partial charge is 0.357 e. The fourth-order valence-corrected chi connectivity index (χ4v) is 4.97. The first-order valence-electron chi connectivity index (χ1n) is 10.4. The second-order valence-electron chi connectivity index (χ2n) is 7.86. The normalized spacial score (nSPS) is 12.2. The Morgan fingerprint density at radius 2 is 1.76 bits per heavy atom. The van der Waals surface area contributed by atoms with E-state index in [4.69, 9.17) is 23.2 Å². The predicted molar refractivity (Wildman–Crippen MR) is 133 cm³/mol. The van der Waals surface area contributed by atoms with Gasteiger partial charge in [0.05, 0.1) is 11.9 Å². The first kappa shape index (κ1) is 27.0. The zero-order valence-corrected chi connectivity index (χ0v) is 21.7. The van der Waals surface area contributed by atoms with Crippen LogP contribution in [-0.4, -0.2) is 51.0 Å². The SMILES string of the molecule is CC[C@H](C(=O)NC)N(Cc1ccc(Cl)cc1Cl)C(=O)CN(c1ccc(C)cc1C)S(C)(=O)=O. The Morgan fingerprint density at radius 1 is 1.09 bits per heavy atom. The lowest BCUT2D eigenvalue weighted by atomic mass is 10.1. The fourth-order valence-electron chi connectivity index (χ4n) is 3.60. The zero-order chi connectivity index (χ0) is 24.9. The highest BCUT2D eigenvalue weighted by Crippen LogP contribution is 2.26. The quantitative estimate of drug-likeness (QED) is 0.550. The number of anilines is 1. The second-order valence-corrected chi connectivity index (χ2v) is 10.6. The van der Waals surface area contributed by atoms with Gasteiger partial charge in [0.15, 0.2) is 0 Å². The number of nitrogens with one attached hydrogen (secondary N) is 1. The van der Waals surface area contributed by atoms with Crippen molar-refractivity contribution < 1.29 is 18.0 Å². The fraction of sp³-hybridized carbons (Fsp3) is 0.391. The third kappa shape index (κ3) is 6.85. The van der Waals surface area contributed by atoms with Gasteiger partial charge in [-0.15, -0.1) is 0 Å². The van der Waals surface area contributed by atoms with Crippen LogP contribution in [0.15, 0.2) is 36.4 Å². The Bertz CT molecular complexity index is 1140. The molecule has 0 unspecified atom stereocenters. The number of benzene rings is 2. The minimum absolute atomic E-state index is 0.0191. The van der Waals surface area contributed by atoms with Gasteiger partial charge in [-0.05, 0) is 49.6 Å². The summed E-state index contributed by atoms with van der Waals surface area (Å²) in [5.41, 5.74) is 2.70. The van der Waals surface area contributed by atoms with E-state index in [0.29, 0.717) is 27.7 Å². The Balaban J connectivity index is 2.49. The van der Waals surface area contributed by atoms with E-state index < -0.39 is 28.5 Å². The summed E-state index contributed by atoms with van der Waals surface area (Å²) in [6.07, 6.45) is 1.38. The lowest BCUT2D eigenvalue weighted by molar-refractivity contribution is -0.140. The molecule has 0 aliphatic carbocycles. The number of carbonyl (C=O) groups is 2. The average molecular weight is 514 g/mol. The highest BCUT2D eigenvalue weighted by molar-refractivity contribution is 7.92. The van der Waals surface area contributed by atoms with E-state index in [0.717, 1.165) is 21.7 Å². The van der Waals surface area contributed by atoms with Gasteiger partial charge in [-0.3, -0.25) is 13.9 Å². The van der Waals surface area contributed by atoms with Crippen LogP contribution in [0.4, 0.5) is 5.69 Å². The molecule has 2 aromatic carbocycles. The number of likely N-dealkylation sites (N-methyl/N-ethyl adjacent to an activating group) is 1. The van der Waals surface area contributed by atoms with Crippen LogP contribution in [0.3, 0.4) is 0 Å². The number of hydrogen-bond acceptors (Lipinski definition) is 4. The summed E-state index contributed by atoms with van der Waals surface area (Å²) in [6, 6.07) is 9.38. The van der Waals surface area contributed by atoms with E-state index in [1.807, 2.05) is 13.0 Å². The monoisotopic (exact) mass is 513 g/mol. The van der Waals surface area contributed by atoms with Crippen LogP contribution < -0.4 is 9.62 Å². The van der Waals surface area contributed by atoms with Crippen molar-refractivity contribution in [2.24, 2.45) is 0 Å². The number of nitrogens with zero attached hydrogens (tertiary/aromatic N) is 2. The number of hydrogen-bond donors (Lipinski definition) is 1. The molecule has 0 aliphatic rings. The lowest BCUT2D eigenvalue weighted by Gasteiger charge is -2.33. The first-order valence-corrected chi connectivity index (χ1v) is 13.0. The predicted octanol–water partition coefficient (Wildman–Crippen LogP) is 3.93. The van der Waals surface area contributed by atoms with Crippen LogP contribution in [0.5, 0.6) is 0 Å². The third-order valence-electron chi connectivity index (χ3n) is 5.29. The molecule has 0 aromatic heterocycles. The van der Waals surface area contributed by atoms with Crippen LogP contribution >= 0.6 is 23.2 Å². The topological polar surface area (TPSA) is 86.8 Å². The summed E-state index contributed by atoms with van der Waals surface area (Å²) in [6.45, 7) is 5.03. The maximum Gasteiger partial charge on any atom is 0.244 e. The molecular weight excluding hydrogens is 485 g/mol. The first-order chi connectivity index (χ1) is 15.4. The summed E-state index contributed by atoms with van der Waals surface area (Å²) in [4.78, 5) is 27.5. The summed E-state index contributed by atoms with van der Waals surface area (Å²) in [5.74, 6) is -0.879. The summed E-state index contributed by atoms with van der Waals surface area (Å²) in [5, 5.41) is 3.36. The number of carbonyl (C=O) groups excluding carboxylic acids is 2. The molecule has 10 heteroatoms. The Labute approximate surface area is 205 Å². The Kier molecular flexibility index (Phi) is 9.17. The molecule has 33 heavy (non-hydrogen) atoms. The minimum atomic E-state index is -3.79. The molecule has 1 atom stereocenters. The van der Waals surface area contributed by atoms with E-state index in [-0.39, 0.29) is 12.5 Å².